The highest BCUT2D eigenvalue weighted by molar-refractivity contribution is 5.91. The van der Waals surface area contributed by atoms with E-state index in [1.807, 2.05) is 6.92 Å². The van der Waals surface area contributed by atoms with E-state index in [0.29, 0.717) is 23.5 Å². The lowest BCUT2D eigenvalue weighted by molar-refractivity contribution is 0.0734. The van der Waals surface area contributed by atoms with Crippen LogP contribution in [0.15, 0.2) is 42.5 Å². The SMILES string of the molecule is CCc1cc(OC(=O)c2ccc(OC)cc2)ccc1O. The smallest absolute Gasteiger partial charge is 0.343 e. The molecule has 0 radical (unpaired) electrons. The standard InChI is InChI=1S/C16H16O4/c1-3-11-10-14(8-9-15(11)17)20-16(18)12-4-6-13(19-2)7-5-12/h4-10,17H,3H2,1-2H3. The van der Waals surface area contributed by atoms with Crippen molar-refractivity contribution < 1.29 is 19.4 Å². The summed E-state index contributed by atoms with van der Waals surface area (Å²) in [6.45, 7) is 1.92. The maximum atomic E-state index is 12.0. The van der Waals surface area contributed by atoms with Crippen molar-refractivity contribution in [1.29, 1.82) is 0 Å². The van der Waals surface area contributed by atoms with Gasteiger partial charge in [0.25, 0.3) is 0 Å². The van der Waals surface area contributed by atoms with Gasteiger partial charge in [-0.2, -0.15) is 0 Å². The fourth-order valence-corrected chi connectivity index (χ4v) is 1.80. The Kier molecular flexibility index (Phi) is 4.25. The molecule has 0 atom stereocenters. The number of carbonyl (C=O) groups excluding carboxylic acids is 1. The van der Waals surface area contributed by atoms with Gasteiger partial charge in [-0.15, -0.1) is 0 Å². The number of ether oxygens (including phenoxy) is 2. The van der Waals surface area contributed by atoms with Crippen molar-refractivity contribution in [2.75, 3.05) is 7.11 Å². The molecule has 0 unspecified atom stereocenters. The van der Waals surface area contributed by atoms with Crippen LogP contribution < -0.4 is 9.47 Å². The zero-order valence-electron chi connectivity index (χ0n) is 11.4. The second kappa shape index (κ2) is 6.10. The van der Waals surface area contributed by atoms with E-state index in [4.69, 9.17) is 9.47 Å². The third kappa shape index (κ3) is 3.09. The molecule has 4 nitrogen and oxygen atoms in total. The summed E-state index contributed by atoms with van der Waals surface area (Å²) in [4.78, 5) is 12.0. The molecule has 4 heteroatoms. The molecule has 0 saturated carbocycles. The van der Waals surface area contributed by atoms with Gasteiger partial charge in [0.15, 0.2) is 0 Å². The van der Waals surface area contributed by atoms with E-state index in [1.54, 1.807) is 43.5 Å². The molecule has 1 N–H and O–H groups in total. The fourth-order valence-electron chi connectivity index (χ4n) is 1.80. The first-order chi connectivity index (χ1) is 9.63. The summed E-state index contributed by atoms with van der Waals surface area (Å²) < 4.78 is 10.3. The highest BCUT2D eigenvalue weighted by atomic mass is 16.5. The highest BCUT2D eigenvalue weighted by Crippen LogP contribution is 2.24. The van der Waals surface area contributed by atoms with Gasteiger partial charge in [-0.1, -0.05) is 6.92 Å². The molecule has 0 heterocycles. The van der Waals surface area contributed by atoms with Crippen molar-refractivity contribution in [3.63, 3.8) is 0 Å². The van der Waals surface area contributed by atoms with Crippen LogP contribution in [-0.2, 0) is 6.42 Å². The average Bonchev–Trinajstić information content (AvgIpc) is 2.49. The number of phenols is 1. The van der Waals surface area contributed by atoms with Crippen molar-refractivity contribution in [1.82, 2.24) is 0 Å². The topological polar surface area (TPSA) is 55.8 Å². The maximum absolute atomic E-state index is 12.0. The molecule has 0 bridgehead atoms. The van der Waals surface area contributed by atoms with E-state index in [1.165, 1.54) is 6.07 Å². The predicted octanol–water partition coefficient (Wildman–Crippen LogP) is 3.18. The normalized spacial score (nSPS) is 10.1. The summed E-state index contributed by atoms with van der Waals surface area (Å²) in [6, 6.07) is 11.4. The molecule has 0 aliphatic rings. The zero-order chi connectivity index (χ0) is 14.5. The molecule has 20 heavy (non-hydrogen) atoms. The van der Waals surface area contributed by atoms with Crippen LogP contribution in [0.2, 0.25) is 0 Å². The van der Waals surface area contributed by atoms with Gasteiger partial charge in [0.05, 0.1) is 12.7 Å². The minimum Gasteiger partial charge on any atom is -0.508 e. The van der Waals surface area contributed by atoms with Crippen molar-refractivity contribution in [2.45, 2.75) is 13.3 Å². The molecular formula is C16H16O4. The summed E-state index contributed by atoms with van der Waals surface area (Å²) in [7, 11) is 1.57. The number of aromatic hydroxyl groups is 1. The van der Waals surface area contributed by atoms with Crippen LogP contribution in [0.3, 0.4) is 0 Å². The summed E-state index contributed by atoms with van der Waals surface area (Å²) in [5.41, 5.74) is 1.18. The average molecular weight is 272 g/mol. The fraction of sp³-hybridized carbons (Fsp3) is 0.188. The minimum absolute atomic E-state index is 0.205. The quantitative estimate of drug-likeness (QED) is 0.686. The van der Waals surface area contributed by atoms with E-state index < -0.39 is 5.97 Å². The third-order valence-corrected chi connectivity index (χ3v) is 2.97. The van der Waals surface area contributed by atoms with E-state index in [2.05, 4.69) is 0 Å². The van der Waals surface area contributed by atoms with Crippen molar-refractivity contribution in [2.24, 2.45) is 0 Å². The van der Waals surface area contributed by atoms with Gasteiger partial charge in [0, 0.05) is 0 Å². The monoisotopic (exact) mass is 272 g/mol. The molecule has 2 aromatic rings. The number of rotatable bonds is 4. The summed E-state index contributed by atoms with van der Waals surface area (Å²) in [6.07, 6.45) is 0.666. The molecule has 0 aliphatic carbocycles. The van der Waals surface area contributed by atoms with Gasteiger partial charge in [0.1, 0.15) is 17.2 Å². The summed E-state index contributed by atoms with van der Waals surface area (Å²) in [5.74, 6) is 0.858. The van der Waals surface area contributed by atoms with Crippen LogP contribution in [0.25, 0.3) is 0 Å². The maximum Gasteiger partial charge on any atom is 0.343 e. The molecule has 0 fully saturated rings. The van der Waals surface area contributed by atoms with Crippen LogP contribution in [0.5, 0.6) is 17.2 Å². The number of esters is 1. The van der Waals surface area contributed by atoms with E-state index in [0.717, 1.165) is 5.56 Å². The van der Waals surface area contributed by atoms with E-state index in [-0.39, 0.29) is 5.75 Å². The van der Waals surface area contributed by atoms with Gasteiger partial charge in [-0.25, -0.2) is 4.79 Å². The minimum atomic E-state index is -0.444. The molecule has 2 aromatic carbocycles. The third-order valence-electron chi connectivity index (χ3n) is 2.97. The Hall–Kier alpha value is -2.49. The van der Waals surface area contributed by atoms with E-state index in [9.17, 15) is 9.90 Å². The Morgan fingerprint density at radius 2 is 1.75 bits per heavy atom. The first-order valence-electron chi connectivity index (χ1n) is 6.32. The second-order valence-corrected chi connectivity index (χ2v) is 4.26. The predicted molar refractivity (Wildman–Crippen MR) is 75.4 cm³/mol. The lowest BCUT2D eigenvalue weighted by Crippen LogP contribution is -2.08. The van der Waals surface area contributed by atoms with Gasteiger partial charge < -0.3 is 14.6 Å². The molecule has 0 spiro atoms. The van der Waals surface area contributed by atoms with Crippen molar-refractivity contribution in [3.05, 3.63) is 53.6 Å². The Balaban J connectivity index is 2.14. The van der Waals surface area contributed by atoms with Crippen molar-refractivity contribution >= 4 is 5.97 Å². The molecule has 2 rings (SSSR count). The lowest BCUT2D eigenvalue weighted by atomic mass is 10.1. The van der Waals surface area contributed by atoms with Crippen molar-refractivity contribution in [3.8, 4) is 17.2 Å². The number of aryl methyl sites for hydroxylation is 1. The zero-order valence-corrected chi connectivity index (χ0v) is 11.4. The number of phenolic OH excluding ortho intramolecular Hbond substituents is 1. The molecule has 104 valence electrons. The lowest BCUT2D eigenvalue weighted by Gasteiger charge is -2.07. The van der Waals surface area contributed by atoms with Crippen LogP contribution in [-0.4, -0.2) is 18.2 Å². The van der Waals surface area contributed by atoms with Gasteiger partial charge in [0.2, 0.25) is 0 Å². The largest absolute Gasteiger partial charge is 0.508 e. The van der Waals surface area contributed by atoms with Crippen LogP contribution >= 0.6 is 0 Å². The van der Waals surface area contributed by atoms with Gasteiger partial charge in [-0.3, -0.25) is 0 Å². The summed E-state index contributed by atoms with van der Waals surface area (Å²) in [5, 5.41) is 9.59. The number of hydrogen-bond acceptors (Lipinski definition) is 4. The highest BCUT2D eigenvalue weighted by Gasteiger charge is 2.10. The molecular weight excluding hydrogens is 256 g/mol. The molecule has 0 aromatic heterocycles. The molecule has 0 aliphatic heterocycles. The summed E-state index contributed by atoms with van der Waals surface area (Å²) >= 11 is 0. The van der Waals surface area contributed by atoms with Crippen LogP contribution in [0.4, 0.5) is 0 Å². The Morgan fingerprint density at radius 3 is 2.35 bits per heavy atom. The van der Waals surface area contributed by atoms with Gasteiger partial charge in [-0.05, 0) is 54.4 Å². The molecule has 0 saturated heterocycles. The first kappa shape index (κ1) is 13.9. The molecule has 0 amide bonds. The number of carbonyl (C=O) groups is 1. The second-order valence-electron chi connectivity index (χ2n) is 4.26. The van der Waals surface area contributed by atoms with E-state index >= 15 is 0 Å². The first-order valence-corrected chi connectivity index (χ1v) is 6.32. The number of methoxy groups -OCH3 is 1. The Morgan fingerprint density at radius 1 is 1.10 bits per heavy atom. The van der Waals surface area contributed by atoms with Crippen LogP contribution in [0.1, 0.15) is 22.8 Å². The van der Waals surface area contributed by atoms with Crippen LogP contribution in [0, 0.1) is 0 Å². The number of hydrogen-bond donors (Lipinski definition) is 1. The van der Waals surface area contributed by atoms with Gasteiger partial charge >= 0.3 is 5.97 Å². The Bertz CT molecular complexity index is 602. The Labute approximate surface area is 117 Å². The number of benzene rings is 2.